The quantitative estimate of drug-likeness (QED) is 0.454. The van der Waals surface area contributed by atoms with Gasteiger partial charge in [-0.15, -0.1) is 0 Å². The Bertz CT molecular complexity index is 925. The number of Topliss-reactive ketones (excluding diaryl/α,β-unsaturated/α-hetero) is 1. The first-order valence-electron chi connectivity index (χ1n) is 9.15. The van der Waals surface area contributed by atoms with E-state index in [1.165, 1.54) is 12.1 Å². The normalized spacial score (nSPS) is 16.7. The minimum Gasteiger partial charge on any atom is -0.486 e. The molecule has 0 N–H and O–H groups in total. The van der Waals surface area contributed by atoms with Gasteiger partial charge in [0.2, 0.25) is 0 Å². The average Bonchev–Trinajstić information content (AvgIpc) is 2.73. The maximum absolute atomic E-state index is 13.4. The standard InChI is InChI=1S/C20H19FN2O5/c21-15-2-3-16(17(12-15)23(25)26)22-7-5-13(6-8-22)20(24)14-1-4-18-19(11-14)28-10-9-27-18/h1-4,11-13H,5-10H2. The molecule has 7 nitrogen and oxygen atoms in total. The zero-order chi connectivity index (χ0) is 19.7. The molecule has 2 heterocycles. The number of carbonyl (C=O) groups is 1. The average molecular weight is 386 g/mol. The summed E-state index contributed by atoms with van der Waals surface area (Å²) in [7, 11) is 0. The highest BCUT2D eigenvalue weighted by molar-refractivity contribution is 5.98. The van der Waals surface area contributed by atoms with Crippen molar-refractivity contribution in [3.63, 3.8) is 0 Å². The molecule has 2 aromatic carbocycles. The molecule has 2 aliphatic heterocycles. The number of fused-ring (bicyclic) bond motifs is 1. The molecule has 0 aromatic heterocycles. The fraction of sp³-hybridized carbons (Fsp3) is 0.350. The molecule has 0 unspecified atom stereocenters. The molecule has 28 heavy (non-hydrogen) atoms. The molecule has 146 valence electrons. The van der Waals surface area contributed by atoms with Gasteiger partial charge in [-0.2, -0.15) is 0 Å². The summed E-state index contributed by atoms with van der Waals surface area (Å²) in [4.78, 5) is 25.4. The molecule has 2 aliphatic rings. The number of rotatable bonds is 4. The van der Waals surface area contributed by atoms with Gasteiger partial charge in [-0.05, 0) is 43.2 Å². The van der Waals surface area contributed by atoms with Crippen LogP contribution in [0.3, 0.4) is 0 Å². The summed E-state index contributed by atoms with van der Waals surface area (Å²) in [5.41, 5.74) is 0.712. The van der Waals surface area contributed by atoms with Crippen LogP contribution in [0.1, 0.15) is 23.2 Å². The lowest BCUT2D eigenvalue weighted by Crippen LogP contribution is -2.36. The molecule has 2 aromatic rings. The predicted octanol–water partition coefficient (Wildman–Crippen LogP) is 3.60. The Balaban J connectivity index is 1.46. The first-order valence-corrected chi connectivity index (χ1v) is 9.15. The van der Waals surface area contributed by atoms with E-state index in [9.17, 15) is 19.3 Å². The summed E-state index contributed by atoms with van der Waals surface area (Å²) >= 11 is 0. The number of ether oxygens (including phenoxy) is 2. The number of hydrogen-bond acceptors (Lipinski definition) is 6. The van der Waals surface area contributed by atoms with Crippen LogP contribution < -0.4 is 14.4 Å². The smallest absolute Gasteiger partial charge is 0.295 e. The second kappa shape index (κ2) is 7.46. The Morgan fingerprint density at radius 1 is 1.07 bits per heavy atom. The molecule has 0 atom stereocenters. The van der Waals surface area contributed by atoms with Crippen molar-refractivity contribution < 1.29 is 23.6 Å². The van der Waals surface area contributed by atoms with E-state index in [4.69, 9.17) is 9.47 Å². The lowest BCUT2D eigenvalue weighted by Gasteiger charge is -2.32. The second-order valence-electron chi connectivity index (χ2n) is 6.87. The molecule has 4 rings (SSSR count). The molecular weight excluding hydrogens is 367 g/mol. The molecule has 1 fully saturated rings. The van der Waals surface area contributed by atoms with Gasteiger partial charge in [-0.3, -0.25) is 14.9 Å². The Kier molecular flexibility index (Phi) is 4.85. The number of nitro benzene ring substituents is 1. The molecule has 0 saturated carbocycles. The number of benzene rings is 2. The second-order valence-corrected chi connectivity index (χ2v) is 6.87. The van der Waals surface area contributed by atoms with Crippen LogP contribution >= 0.6 is 0 Å². The van der Waals surface area contributed by atoms with Gasteiger partial charge in [-0.1, -0.05) is 0 Å². The third kappa shape index (κ3) is 3.49. The van der Waals surface area contributed by atoms with Crippen molar-refractivity contribution in [1.82, 2.24) is 0 Å². The minimum absolute atomic E-state index is 0.0326. The Morgan fingerprint density at radius 2 is 1.79 bits per heavy atom. The van der Waals surface area contributed by atoms with Crippen LogP contribution in [-0.4, -0.2) is 37.0 Å². The number of nitrogens with zero attached hydrogens (tertiary/aromatic N) is 2. The summed E-state index contributed by atoms with van der Waals surface area (Å²) < 4.78 is 24.4. The first kappa shape index (κ1) is 18.2. The Morgan fingerprint density at radius 3 is 2.50 bits per heavy atom. The number of ketones is 1. The van der Waals surface area contributed by atoms with E-state index in [2.05, 4.69) is 0 Å². The van der Waals surface area contributed by atoms with E-state index in [0.29, 0.717) is 61.9 Å². The van der Waals surface area contributed by atoms with Crippen molar-refractivity contribution in [2.45, 2.75) is 12.8 Å². The largest absolute Gasteiger partial charge is 0.486 e. The van der Waals surface area contributed by atoms with Crippen LogP contribution in [0.25, 0.3) is 0 Å². The van der Waals surface area contributed by atoms with Crippen molar-refractivity contribution >= 4 is 17.2 Å². The van der Waals surface area contributed by atoms with Crippen molar-refractivity contribution in [3.8, 4) is 11.5 Å². The topological polar surface area (TPSA) is 81.9 Å². The number of carbonyl (C=O) groups excluding carboxylic acids is 1. The van der Waals surface area contributed by atoms with Gasteiger partial charge in [-0.25, -0.2) is 4.39 Å². The number of anilines is 1. The van der Waals surface area contributed by atoms with E-state index in [0.717, 1.165) is 6.07 Å². The lowest BCUT2D eigenvalue weighted by atomic mass is 9.88. The van der Waals surface area contributed by atoms with Crippen LogP contribution in [0.15, 0.2) is 36.4 Å². The number of halogens is 1. The maximum Gasteiger partial charge on any atom is 0.295 e. The molecule has 1 saturated heterocycles. The predicted molar refractivity (Wildman–Crippen MR) is 99.8 cm³/mol. The van der Waals surface area contributed by atoms with Gasteiger partial charge in [0.15, 0.2) is 17.3 Å². The molecule has 0 amide bonds. The highest BCUT2D eigenvalue weighted by atomic mass is 19.1. The van der Waals surface area contributed by atoms with Gasteiger partial charge in [0.1, 0.15) is 24.7 Å². The summed E-state index contributed by atoms with van der Waals surface area (Å²) in [5.74, 6) is 0.445. The third-order valence-corrected chi connectivity index (χ3v) is 5.17. The number of piperidine rings is 1. The van der Waals surface area contributed by atoms with Gasteiger partial charge in [0, 0.05) is 24.6 Å². The van der Waals surface area contributed by atoms with Gasteiger partial charge in [0.25, 0.3) is 5.69 Å². The summed E-state index contributed by atoms with van der Waals surface area (Å²) in [6.45, 7) is 1.94. The fourth-order valence-electron chi connectivity index (χ4n) is 3.73. The zero-order valence-electron chi connectivity index (χ0n) is 15.1. The highest BCUT2D eigenvalue weighted by Crippen LogP contribution is 2.35. The van der Waals surface area contributed by atoms with Crippen molar-refractivity contribution in [3.05, 3.63) is 57.9 Å². The molecule has 0 radical (unpaired) electrons. The molecule has 0 bridgehead atoms. The fourth-order valence-corrected chi connectivity index (χ4v) is 3.73. The van der Waals surface area contributed by atoms with Crippen LogP contribution in [-0.2, 0) is 0 Å². The van der Waals surface area contributed by atoms with E-state index >= 15 is 0 Å². The Hall–Kier alpha value is -3.16. The monoisotopic (exact) mass is 386 g/mol. The molecular formula is C20H19FN2O5. The highest BCUT2D eigenvalue weighted by Gasteiger charge is 2.29. The van der Waals surface area contributed by atoms with E-state index in [-0.39, 0.29) is 17.4 Å². The third-order valence-electron chi connectivity index (χ3n) is 5.17. The zero-order valence-corrected chi connectivity index (χ0v) is 15.1. The molecule has 0 spiro atoms. The minimum atomic E-state index is -0.640. The maximum atomic E-state index is 13.4. The van der Waals surface area contributed by atoms with Crippen molar-refractivity contribution in [1.29, 1.82) is 0 Å². The van der Waals surface area contributed by atoms with E-state index < -0.39 is 10.7 Å². The van der Waals surface area contributed by atoms with Gasteiger partial charge in [0.05, 0.1) is 11.0 Å². The van der Waals surface area contributed by atoms with Crippen LogP contribution in [0.5, 0.6) is 11.5 Å². The van der Waals surface area contributed by atoms with Crippen molar-refractivity contribution in [2.24, 2.45) is 5.92 Å². The van der Waals surface area contributed by atoms with E-state index in [1.807, 2.05) is 4.90 Å². The lowest BCUT2D eigenvalue weighted by molar-refractivity contribution is -0.384. The van der Waals surface area contributed by atoms with Gasteiger partial charge >= 0.3 is 0 Å². The summed E-state index contributed by atoms with van der Waals surface area (Å²) in [6, 6.07) is 8.78. The molecule has 0 aliphatic carbocycles. The van der Waals surface area contributed by atoms with Gasteiger partial charge < -0.3 is 14.4 Å². The number of hydrogen-bond donors (Lipinski definition) is 0. The Labute approximate surface area is 160 Å². The SMILES string of the molecule is O=C(c1ccc2c(c1)OCCO2)C1CCN(c2ccc(F)cc2[N+](=O)[O-])CC1. The van der Waals surface area contributed by atoms with E-state index in [1.54, 1.807) is 18.2 Å². The number of nitro groups is 1. The summed E-state index contributed by atoms with van der Waals surface area (Å²) in [6.07, 6.45) is 1.14. The summed E-state index contributed by atoms with van der Waals surface area (Å²) in [5, 5.41) is 11.2. The first-order chi connectivity index (χ1) is 13.5. The molecule has 8 heteroatoms. The van der Waals surface area contributed by atoms with Crippen molar-refractivity contribution in [2.75, 3.05) is 31.2 Å². The van der Waals surface area contributed by atoms with Crippen LogP contribution in [0.4, 0.5) is 15.8 Å². The van der Waals surface area contributed by atoms with Crippen LogP contribution in [0.2, 0.25) is 0 Å². The van der Waals surface area contributed by atoms with Crippen LogP contribution in [0, 0.1) is 21.8 Å².